The van der Waals surface area contributed by atoms with E-state index in [0.29, 0.717) is 22.4 Å². The number of thiazole rings is 1. The summed E-state index contributed by atoms with van der Waals surface area (Å²) >= 11 is 1.44. The van der Waals surface area contributed by atoms with E-state index in [9.17, 15) is 14.7 Å². The van der Waals surface area contributed by atoms with Crippen molar-refractivity contribution in [1.29, 1.82) is 0 Å². The number of nitrogens with one attached hydrogen (secondary N) is 1. The fourth-order valence-corrected chi connectivity index (χ4v) is 4.36. The molecule has 0 saturated carbocycles. The molecule has 1 atom stereocenters. The van der Waals surface area contributed by atoms with E-state index in [4.69, 9.17) is 4.42 Å². The predicted octanol–water partition coefficient (Wildman–Crippen LogP) is 5.16. The summed E-state index contributed by atoms with van der Waals surface area (Å²) in [6.07, 6.45) is 1.70. The van der Waals surface area contributed by atoms with Crippen molar-refractivity contribution in [3.8, 4) is 10.6 Å². The highest BCUT2D eigenvalue weighted by Crippen LogP contribution is 2.34. The van der Waals surface area contributed by atoms with Crippen LogP contribution in [0.5, 0.6) is 0 Å². The summed E-state index contributed by atoms with van der Waals surface area (Å²) < 4.78 is 6.24. The molecule has 8 heteroatoms. The van der Waals surface area contributed by atoms with Gasteiger partial charge in [-0.15, -0.1) is 0 Å². The van der Waals surface area contributed by atoms with Crippen LogP contribution < -0.4 is 15.6 Å². The highest BCUT2D eigenvalue weighted by atomic mass is 32.1. The summed E-state index contributed by atoms with van der Waals surface area (Å²) in [4.78, 5) is 31.6. The summed E-state index contributed by atoms with van der Waals surface area (Å²) in [6.45, 7) is 3.83. The molecule has 4 aromatic rings. The topological polar surface area (TPSA) is 95.7 Å². The Morgan fingerprint density at radius 2 is 1.97 bits per heavy atom. The Kier molecular flexibility index (Phi) is 5.71. The van der Waals surface area contributed by atoms with E-state index in [-0.39, 0.29) is 17.0 Å². The van der Waals surface area contributed by atoms with E-state index >= 15 is 0 Å². The second-order valence-electron chi connectivity index (χ2n) is 7.82. The number of anilines is 2. The lowest BCUT2D eigenvalue weighted by atomic mass is 10.0. The van der Waals surface area contributed by atoms with Crippen LogP contribution in [-0.2, 0) is 0 Å². The highest BCUT2D eigenvalue weighted by Gasteiger charge is 2.19. The molecule has 2 aromatic heterocycles. The molecule has 7 nitrogen and oxygen atoms in total. The summed E-state index contributed by atoms with van der Waals surface area (Å²) in [5.41, 5.74) is 2.71. The van der Waals surface area contributed by atoms with Crippen molar-refractivity contribution in [3.63, 3.8) is 0 Å². The molecule has 0 saturated heterocycles. The van der Waals surface area contributed by atoms with Crippen LogP contribution in [0.4, 0.5) is 10.8 Å². The second kappa shape index (κ2) is 8.47. The lowest BCUT2D eigenvalue weighted by Gasteiger charge is -2.19. The molecule has 2 N–H and O–H groups in total. The van der Waals surface area contributed by atoms with Gasteiger partial charge in [0.1, 0.15) is 11.3 Å². The molecule has 4 rings (SSSR count). The largest absolute Gasteiger partial charge is 0.478 e. The molecular formula is C24H23N3O4S. The number of benzene rings is 2. The summed E-state index contributed by atoms with van der Waals surface area (Å²) in [7, 11) is 3.81. The maximum absolute atomic E-state index is 13.0. The molecule has 0 spiro atoms. The van der Waals surface area contributed by atoms with Crippen LogP contribution in [-0.4, -0.2) is 30.2 Å². The maximum atomic E-state index is 13.0. The number of para-hydroxylation sites is 1. The molecule has 0 aliphatic carbocycles. The number of aromatic nitrogens is 1. The molecule has 1 unspecified atom stereocenters. The minimum Gasteiger partial charge on any atom is -0.478 e. The van der Waals surface area contributed by atoms with Gasteiger partial charge in [-0.2, -0.15) is 0 Å². The van der Waals surface area contributed by atoms with Gasteiger partial charge < -0.3 is 19.7 Å². The Morgan fingerprint density at radius 3 is 2.66 bits per heavy atom. The van der Waals surface area contributed by atoms with E-state index in [1.54, 1.807) is 30.5 Å². The third-order valence-electron chi connectivity index (χ3n) is 5.12. The number of aromatic carboxylic acids is 1. The fourth-order valence-electron chi connectivity index (χ4n) is 3.57. The van der Waals surface area contributed by atoms with Gasteiger partial charge in [0.05, 0.1) is 28.1 Å². The molecular weight excluding hydrogens is 426 g/mol. The van der Waals surface area contributed by atoms with Crippen molar-refractivity contribution in [2.24, 2.45) is 0 Å². The average Bonchev–Trinajstić information content (AvgIpc) is 3.24. The summed E-state index contributed by atoms with van der Waals surface area (Å²) in [5, 5.41) is 14.1. The van der Waals surface area contributed by atoms with Crippen molar-refractivity contribution >= 4 is 39.1 Å². The highest BCUT2D eigenvalue weighted by molar-refractivity contribution is 7.18. The molecule has 0 fully saturated rings. The standard InChI is InChI=1S/C24H23N3O4S/c1-13-9-16(14(2)26-18-8-6-5-7-15(18)23(29)30)22-17(10-13)19(28)11-20(31-22)21-12-25-24(32-21)27(3)4/h5-12,14,26H,1-4H3,(H,29,30). The van der Waals surface area contributed by atoms with E-state index in [2.05, 4.69) is 10.3 Å². The van der Waals surface area contributed by atoms with Gasteiger partial charge in [-0.3, -0.25) is 4.79 Å². The molecule has 0 aliphatic heterocycles. The molecule has 0 radical (unpaired) electrons. The van der Waals surface area contributed by atoms with Gasteiger partial charge in [-0.05, 0) is 37.6 Å². The zero-order valence-electron chi connectivity index (χ0n) is 18.2. The van der Waals surface area contributed by atoms with Crippen LogP contribution in [0.15, 0.2) is 57.9 Å². The Morgan fingerprint density at radius 1 is 1.22 bits per heavy atom. The SMILES string of the molecule is Cc1cc(C(C)Nc2ccccc2C(=O)O)c2oc(-c3cnc(N(C)C)s3)cc(=O)c2c1. The number of rotatable bonds is 6. The number of nitrogens with zero attached hydrogens (tertiary/aromatic N) is 2. The molecule has 2 heterocycles. The third-order valence-corrected chi connectivity index (χ3v) is 6.30. The number of carboxylic acids is 1. The van der Waals surface area contributed by atoms with Gasteiger partial charge in [0.2, 0.25) is 0 Å². The number of fused-ring (bicyclic) bond motifs is 1. The first-order valence-corrected chi connectivity index (χ1v) is 10.9. The maximum Gasteiger partial charge on any atom is 0.337 e. The van der Waals surface area contributed by atoms with E-state index in [1.165, 1.54) is 17.4 Å². The zero-order valence-corrected chi connectivity index (χ0v) is 19.0. The third kappa shape index (κ3) is 4.09. The smallest absolute Gasteiger partial charge is 0.337 e. The number of hydrogen-bond donors (Lipinski definition) is 2. The fraction of sp³-hybridized carbons (Fsp3) is 0.208. The average molecular weight is 450 g/mol. The van der Waals surface area contributed by atoms with Crippen molar-refractivity contribution in [2.45, 2.75) is 19.9 Å². The van der Waals surface area contributed by atoms with Crippen LogP contribution in [0.3, 0.4) is 0 Å². The lowest BCUT2D eigenvalue weighted by molar-refractivity contribution is 0.0698. The van der Waals surface area contributed by atoms with E-state index < -0.39 is 5.97 Å². The number of aryl methyl sites for hydroxylation is 1. The van der Waals surface area contributed by atoms with Crippen molar-refractivity contribution in [1.82, 2.24) is 4.98 Å². The van der Waals surface area contributed by atoms with Crippen LogP contribution >= 0.6 is 11.3 Å². The molecule has 0 aliphatic rings. The Hall–Kier alpha value is -3.65. The normalized spacial score (nSPS) is 12.0. The first-order valence-electron chi connectivity index (χ1n) is 10.1. The zero-order chi connectivity index (χ0) is 23.0. The van der Waals surface area contributed by atoms with E-state index in [1.807, 2.05) is 45.0 Å². The Bertz CT molecular complexity index is 1370. The van der Waals surface area contributed by atoms with Gasteiger partial charge >= 0.3 is 5.97 Å². The number of carbonyl (C=O) groups is 1. The monoisotopic (exact) mass is 449 g/mol. The van der Waals surface area contributed by atoms with Crippen LogP contribution in [0.25, 0.3) is 21.6 Å². The molecule has 2 aromatic carbocycles. The predicted molar refractivity (Wildman–Crippen MR) is 128 cm³/mol. The quantitative estimate of drug-likeness (QED) is 0.420. The van der Waals surface area contributed by atoms with Gasteiger partial charge in [0.25, 0.3) is 0 Å². The van der Waals surface area contributed by atoms with Gasteiger partial charge in [0, 0.05) is 31.4 Å². The van der Waals surface area contributed by atoms with Gasteiger partial charge in [0.15, 0.2) is 10.6 Å². The summed E-state index contributed by atoms with van der Waals surface area (Å²) in [5.74, 6) is -0.554. The Balaban J connectivity index is 1.82. The van der Waals surface area contributed by atoms with Crippen LogP contribution in [0.1, 0.15) is 34.5 Å². The molecule has 32 heavy (non-hydrogen) atoms. The second-order valence-corrected chi connectivity index (χ2v) is 8.83. The van der Waals surface area contributed by atoms with Gasteiger partial charge in [-0.1, -0.05) is 29.5 Å². The first kappa shape index (κ1) is 21.6. The van der Waals surface area contributed by atoms with E-state index in [0.717, 1.165) is 21.1 Å². The lowest BCUT2D eigenvalue weighted by Crippen LogP contribution is -2.12. The molecule has 0 amide bonds. The van der Waals surface area contributed by atoms with Crippen molar-refractivity contribution in [3.05, 3.63) is 75.6 Å². The van der Waals surface area contributed by atoms with Crippen molar-refractivity contribution in [2.75, 3.05) is 24.3 Å². The number of hydrogen-bond acceptors (Lipinski definition) is 7. The van der Waals surface area contributed by atoms with Crippen molar-refractivity contribution < 1.29 is 14.3 Å². The molecule has 0 bridgehead atoms. The van der Waals surface area contributed by atoms with Crippen LogP contribution in [0.2, 0.25) is 0 Å². The minimum absolute atomic E-state index is 0.135. The summed E-state index contributed by atoms with van der Waals surface area (Å²) in [6, 6.07) is 11.7. The van der Waals surface area contributed by atoms with Gasteiger partial charge in [-0.25, -0.2) is 9.78 Å². The first-order chi connectivity index (χ1) is 15.2. The van der Waals surface area contributed by atoms with Crippen LogP contribution in [0, 0.1) is 6.92 Å². The Labute approximate surface area is 189 Å². The number of carboxylic acid groups (broad SMARTS) is 1. The molecule has 164 valence electrons. The minimum atomic E-state index is -1.01.